The van der Waals surface area contributed by atoms with Crippen LogP contribution in [0.3, 0.4) is 0 Å². The van der Waals surface area contributed by atoms with Crippen molar-refractivity contribution in [3.05, 3.63) is 101 Å². The van der Waals surface area contributed by atoms with Gasteiger partial charge in [0.15, 0.2) is 11.5 Å². The summed E-state index contributed by atoms with van der Waals surface area (Å²) >= 11 is 3.23. The van der Waals surface area contributed by atoms with Crippen molar-refractivity contribution in [1.29, 1.82) is 0 Å². The number of esters is 3. The fourth-order valence-electron chi connectivity index (χ4n) is 6.66. The number of aliphatic hydroxyl groups is 1. The summed E-state index contributed by atoms with van der Waals surface area (Å²) < 4.78 is 22.4. The van der Waals surface area contributed by atoms with Gasteiger partial charge in [0.1, 0.15) is 33.0 Å². The van der Waals surface area contributed by atoms with Gasteiger partial charge in [-0.3, -0.25) is 4.79 Å². The molecule has 0 aliphatic heterocycles. The minimum Gasteiger partial charge on any atom is -0.506 e. The summed E-state index contributed by atoms with van der Waals surface area (Å²) in [6, 6.07) is 1.49. The van der Waals surface area contributed by atoms with E-state index in [0.29, 0.717) is 33.4 Å². The molecule has 292 valence electrons. The Hall–Kier alpha value is -5.71. The SMILES string of the molecule is COC1=CC(=O)C=C(C)[C@]1(O)C(=O)Oc1c(C)c(C)c(C(=O)Oc2cc(C)c(C(=O)Oc3c(C)c(C)c(C(=O)O)c(C)c3C)c(C)c2C#CC2CC2)c(O)c1Br. The van der Waals surface area contributed by atoms with Crippen LogP contribution in [-0.4, -0.2) is 57.7 Å². The molecule has 0 radical (unpaired) electrons. The van der Waals surface area contributed by atoms with Crippen LogP contribution in [0.5, 0.6) is 23.0 Å². The summed E-state index contributed by atoms with van der Waals surface area (Å²) in [5.74, 6) is 1.01. The average molecular weight is 830 g/mol. The molecule has 1 fully saturated rings. The number of aromatic hydroxyl groups is 1. The van der Waals surface area contributed by atoms with Gasteiger partial charge in [-0.1, -0.05) is 11.8 Å². The maximum absolute atomic E-state index is 14.0. The molecule has 1 atom stereocenters. The Bertz CT molecular complexity index is 2360. The summed E-state index contributed by atoms with van der Waals surface area (Å²) in [5.41, 5.74) is 1.03. The number of phenolic OH excluding ortho intramolecular Hbond substituents is 1. The average Bonchev–Trinajstić information content (AvgIpc) is 3.96. The van der Waals surface area contributed by atoms with E-state index >= 15 is 0 Å². The van der Waals surface area contributed by atoms with E-state index in [2.05, 4.69) is 27.8 Å². The minimum absolute atomic E-state index is 0.0258. The maximum Gasteiger partial charge on any atom is 0.356 e. The van der Waals surface area contributed by atoms with E-state index in [0.717, 1.165) is 25.0 Å². The lowest BCUT2D eigenvalue weighted by atomic mass is 9.87. The third-order valence-electron chi connectivity index (χ3n) is 10.5. The van der Waals surface area contributed by atoms with Crippen molar-refractivity contribution in [3.8, 4) is 34.8 Å². The standard InChI is InChI=1S/C43H41BrO12/c1-18-15-30(29(14-13-27-11-12-27)26(9)32(18)40(49)55-37-23(6)20(3)33(39(47)48)21(4)24(37)7)54-41(50)34-22(5)25(8)38(35(44)36(34)46)56-42(51)43(52)19(2)16-28(45)17-31(43)53-10/h15-17,27,46,52H,11-12H2,1-10H3,(H,47,48)/t43-/m1/s1. The molecule has 13 heteroatoms. The van der Waals surface area contributed by atoms with Crippen LogP contribution in [0.4, 0.5) is 0 Å². The molecule has 2 aliphatic rings. The van der Waals surface area contributed by atoms with Crippen molar-refractivity contribution in [3.63, 3.8) is 0 Å². The van der Waals surface area contributed by atoms with Gasteiger partial charge < -0.3 is 34.3 Å². The number of ketones is 1. The lowest BCUT2D eigenvalue weighted by Crippen LogP contribution is -2.47. The molecule has 0 heterocycles. The van der Waals surface area contributed by atoms with Crippen molar-refractivity contribution in [1.82, 2.24) is 0 Å². The highest BCUT2D eigenvalue weighted by molar-refractivity contribution is 9.10. The van der Waals surface area contributed by atoms with Crippen LogP contribution in [0.1, 0.15) is 101 Å². The maximum atomic E-state index is 14.0. The number of carbonyl (C=O) groups is 5. The second kappa shape index (κ2) is 15.4. The monoisotopic (exact) mass is 828 g/mol. The zero-order chi connectivity index (χ0) is 41.7. The van der Waals surface area contributed by atoms with E-state index in [1.807, 2.05) is 0 Å². The van der Waals surface area contributed by atoms with E-state index in [4.69, 9.17) is 18.9 Å². The lowest BCUT2D eigenvalue weighted by molar-refractivity contribution is -0.151. The van der Waals surface area contributed by atoms with Gasteiger partial charge in [0.05, 0.1) is 23.8 Å². The van der Waals surface area contributed by atoms with Gasteiger partial charge in [0, 0.05) is 12.0 Å². The van der Waals surface area contributed by atoms with Crippen molar-refractivity contribution < 1.29 is 58.2 Å². The molecule has 0 bridgehead atoms. The van der Waals surface area contributed by atoms with Gasteiger partial charge >= 0.3 is 23.9 Å². The normalized spacial score (nSPS) is 16.2. The van der Waals surface area contributed by atoms with E-state index in [1.54, 1.807) is 41.5 Å². The number of phenols is 1. The number of ether oxygens (including phenoxy) is 4. The third kappa shape index (κ3) is 7.22. The fraction of sp³-hybridized carbons (Fsp3) is 0.326. The molecule has 12 nitrogen and oxygen atoms in total. The Balaban J connectivity index is 1.52. The van der Waals surface area contributed by atoms with Gasteiger partial charge in [-0.25, -0.2) is 19.2 Å². The van der Waals surface area contributed by atoms with Crippen LogP contribution in [0, 0.1) is 73.1 Å². The molecular weight excluding hydrogens is 788 g/mol. The molecule has 3 N–H and O–H groups in total. The fourth-order valence-corrected chi connectivity index (χ4v) is 7.23. The van der Waals surface area contributed by atoms with Crippen LogP contribution in [0.25, 0.3) is 0 Å². The lowest BCUT2D eigenvalue weighted by Gasteiger charge is -2.30. The number of carboxylic acids is 1. The Labute approximate surface area is 332 Å². The van der Waals surface area contributed by atoms with Crippen LogP contribution >= 0.6 is 15.9 Å². The van der Waals surface area contributed by atoms with Gasteiger partial charge in [0.25, 0.3) is 0 Å². The molecule has 1 saturated carbocycles. The molecule has 3 aromatic carbocycles. The molecule has 0 spiro atoms. The highest BCUT2D eigenvalue weighted by Crippen LogP contribution is 2.44. The van der Waals surface area contributed by atoms with Crippen LogP contribution < -0.4 is 14.2 Å². The molecule has 5 rings (SSSR count). The van der Waals surface area contributed by atoms with Crippen molar-refractivity contribution in [2.45, 2.75) is 80.8 Å². The molecule has 3 aromatic rings. The van der Waals surface area contributed by atoms with Crippen molar-refractivity contribution in [2.24, 2.45) is 5.92 Å². The summed E-state index contributed by atoms with van der Waals surface area (Å²) in [6.07, 6.45) is 3.83. The zero-order valence-electron chi connectivity index (χ0n) is 32.6. The summed E-state index contributed by atoms with van der Waals surface area (Å²) in [5, 5.41) is 32.4. The molecule has 0 amide bonds. The van der Waals surface area contributed by atoms with Gasteiger partial charge in [0.2, 0.25) is 5.60 Å². The number of aromatic carboxylic acids is 1. The van der Waals surface area contributed by atoms with Crippen LogP contribution in [0.15, 0.2) is 34.0 Å². The largest absolute Gasteiger partial charge is 0.506 e. The van der Waals surface area contributed by atoms with Gasteiger partial charge in [-0.05, 0) is 153 Å². The van der Waals surface area contributed by atoms with Gasteiger partial charge in [-0.15, -0.1) is 0 Å². The first kappa shape index (κ1) is 41.5. The topological polar surface area (TPSA) is 183 Å². The van der Waals surface area contributed by atoms with Crippen LogP contribution in [0.2, 0.25) is 0 Å². The van der Waals surface area contributed by atoms with Crippen LogP contribution in [-0.2, 0) is 14.3 Å². The molecule has 0 unspecified atom stereocenters. The molecular formula is C43H41BrO12. The zero-order valence-corrected chi connectivity index (χ0v) is 34.2. The predicted octanol–water partition coefficient (Wildman–Crippen LogP) is 7.22. The highest BCUT2D eigenvalue weighted by Gasteiger charge is 2.48. The molecule has 0 aromatic heterocycles. The Kier molecular flexibility index (Phi) is 11.4. The number of methoxy groups -OCH3 is 1. The summed E-state index contributed by atoms with van der Waals surface area (Å²) in [4.78, 5) is 65.3. The first-order valence-corrected chi connectivity index (χ1v) is 18.3. The first-order chi connectivity index (χ1) is 26.2. The van der Waals surface area contributed by atoms with E-state index in [-0.39, 0.29) is 72.4 Å². The number of carbonyl (C=O) groups excluding carboxylic acids is 4. The minimum atomic E-state index is -2.44. The Morgan fingerprint density at radius 3 is 1.88 bits per heavy atom. The van der Waals surface area contributed by atoms with E-state index in [1.165, 1.54) is 33.9 Å². The number of benzene rings is 3. The number of halogens is 1. The van der Waals surface area contributed by atoms with E-state index in [9.17, 15) is 39.3 Å². The number of rotatable bonds is 8. The van der Waals surface area contributed by atoms with Crippen molar-refractivity contribution >= 4 is 45.6 Å². The first-order valence-electron chi connectivity index (χ1n) is 17.6. The second-order valence-electron chi connectivity index (χ2n) is 14.1. The van der Waals surface area contributed by atoms with Gasteiger partial charge in [-0.2, -0.15) is 0 Å². The number of allylic oxidation sites excluding steroid dienone is 2. The Morgan fingerprint density at radius 2 is 1.32 bits per heavy atom. The quantitative estimate of drug-likeness (QED) is 0.118. The smallest absolute Gasteiger partial charge is 0.356 e. The second-order valence-corrected chi connectivity index (χ2v) is 14.9. The highest BCUT2D eigenvalue weighted by atomic mass is 79.9. The number of hydrogen-bond donors (Lipinski definition) is 3. The Morgan fingerprint density at radius 1 is 0.768 bits per heavy atom. The predicted molar refractivity (Wildman–Crippen MR) is 208 cm³/mol. The summed E-state index contributed by atoms with van der Waals surface area (Å²) in [6.45, 7) is 14.4. The van der Waals surface area contributed by atoms with Crippen molar-refractivity contribution in [2.75, 3.05) is 7.11 Å². The molecule has 0 saturated heterocycles. The number of carboxylic acid groups (broad SMARTS) is 1. The molecule has 2 aliphatic carbocycles. The van der Waals surface area contributed by atoms with E-state index < -0.39 is 41.0 Å². The molecule has 56 heavy (non-hydrogen) atoms. The summed E-state index contributed by atoms with van der Waals surface area (Å²) in [7, 11) is 1.19. The number of aryl methyl sites for hydroxylation is 1. The number of hydrogen-bond acceptors (Lipinski definition) is 11. The third-order valence-corrected chi connectivity index (χ3v) is 11.2.